The van der Waals surface area contributed by atoms with Gasteiger partial charge in [0.1, 0.15) is 6.07 Å². The molecule has 0 aromatic heterocycles. The molecule has 0 heterocycles. The van der Waals surface area contributed by atoms with E-state index in [1.165, 1.54) is 23.8 Å². The number of aryl methyl sites for hydroxylation is 1. The summed E-state index contributed by atoms with van der Waals surface area (Å²) >= 11 is 7.39. The first-order chi connectivity index (χ1) is 10.9. The highest BCUT2D eigenvalue weighted by molar-refractivity contribution is 7.99. The molecular weight excluding hydrogens is 352 g/mol. The van der Waals surface area contributed by atoms with Crippen molar-refractivity contribution in [3.05, 3.63) is 58.6 Å². The molecule has 0 aliphatic heterocycles. The number of nitrogens with one attached hydrogen (secondary N) is 1. The van der Waals surface area contributed by atoms with Crippen LogP contribution in [0.5, 0.6) is 0 Å². The summed E-state index contributed by atoms with van der Waals surface area (Å²) in [6.45, 7) is 2.32. The average molecular weight is 367 g/mol. The highest BCUT2D eigenvalue weighted by Crippen LogP contribution is 2.20. The minimum Gasteiger partial charge on any atom is -0.210 e. The van der Waals surface area contributed by atoms with Crippen LogP contribution in [0.15, 0.2) is 52.3 Å². The fourth-order valence-electron chi connectivity index (χ4n) is 1.82. The summed E-state index contributed by atoms with van der Waals surface area (Å²) in [6.07, 6.45) is 0. The monoisotopic (exact) mass is 366 g/mol. The maximum atomic E-state index is 12.2. The maximum absolute atomic E-state index is 12.2. The van der Waals surface area contributed by atoms with E-state index in [2.05, 4.69) is 4.72 Å². The highest BCUT2D eigenvalue weighted by atomic mass is 35.5. The summed E-state index contributed by atoms with van der Waals surface area (Å²) in [5.41, 5.74) is 1.33. The Morgan fingerprint density at radius 3 is 2.57 bits per heavy atom. The van der Waals surface area contributed by atoms with Crippen molar-refractivity contribution in [2.75, 3.05) is 12.3 Å². The number of benzene rings is 2. The lowest BCUT2D eigenvalue weighted by molar-refractivity contribution is 0.584. The molecule has 7 heteroatoms. The number of nitriles is 1. The summed E-state index contributed by atoms with van der Waals surface area (Å²) in [5, 5.41) is 9.15. The van der Waals surface area contributed by atoms with Crippen molar-refractivity contribution in [1.29, 1.82) is 5.26 Å². The summed E-state index contributed by atoms with van der Waals surface area (Å²) in [6, 6.07) is 14.0. The third-order valence-electron chi connectivity index (χ3n) is 3.05. The second-order valence-electron chi connectivity index (χ2n) is 4.81. The summed E-state index contributed by atoms with van der Waals surface area (Å²) in [5.74, 6) is 0.612. The van der Waals surface area contributed by atoms with Gasteiger partial charge in [0.05, 0.1) is 15.5 Å². The number of hydrogen-bond donors (Lipinski definition) is 1. The van der Waals surface area contributed by atoms with Crippen molar-refractivity contribution >= 4 is 33.4 Å². The second kappa shape index (κ2) is 7.84. The van der Waals surface area contributed by atoms with Crippen molar-refractivity contribution in [1.82, 2.24) is 4.72 Å². The van der Waals surface area contributed by atoms with Crippen molar-refractivity contribution < 1.29 is 8.42 Å². The molecule has 0 aliphatic carbocycles. The van der Waals surface area contributed by atoms with Gasteiger partial charge >= 0.3 is 0 Å². The molecule has 1 N–H and O–H groups in total. The molecule has 0 fully saturated rings. The smallest absolute Gasteiger partial charge is 0.210 e. The summed E-state index contributed by atoms with van der Waals surface area (Å²) in [4.78, 5) is 1.13. The Balaban J connectivity index is 1.94. The predicted octanol–water partition coefficient (Wildman–Crippen LogP) is 3.59. The molecule has 2 aromatic carbocycles. The van der Waals surface area contributed by atoms with Gasteiger partial charge in [-0.3, -0.25) is 0 Å². The molecule has 2 aromatic rings. The standard InChI is InChI=1S/C16H15ClN2O2S2/c1-12-2-4-14(5-3-12)22-9-8-19-23(20,21)15-6-7-16(17)13(10-15)11-18/h2-7,10,19H,8-9H2,1H3. The number of thioether (sulfide) groups is 1. The van der Waals surface area contributed by atoms with Crippen molar-refractivity contribution in [2.24, 2.45) is 0 Å². The van der Waals surface area contributed by atoms with E-state index in [0.717, 1.165) is 4.90 Å². The minimum atomic E-state index is -3.64. The Kier molecular flexibility index (Phi) is 6.08. The van der Waals surface area contributed by atoms with E-state index in [-0.39, 0.29) is 15.5 Å². The zero-order chi connectivity index (χ0) is 16.9. The van der Waals surface area contributed by atoms with Gasteiger partial charge in [0.15, 0.2) is 0 Å². The van der Waals surface area contributed by atoms with Gasteiger partial charge in [-0.2, -0.15) is 5.26 Å². The third-order valence-corrected chi connectivity index (χ3v) is 5.85. The quantitative estimate of drug-likeness (QED) is 0.626. The lowest BCUT2D eigenvalue weighted by atomic mass is 10.2. The van der Waals surface area contributed by atoms with Crippen molar-refractivity contribution in [3.63, 3.8) is 0 Å². The van der Waals surface area contributed by atoms with Crippen LogP contribution in [0.1, 0.15) is 11.1 Å². The Morgan fingerprint density at radius 1 is 1.22 bits per heavy atom. The van der Waals surface area contributed by atoms with Crippen molar-refractivity contribution in [2.45, 2.75) is 16.7 Å². The Labute approximate surface area is 145 Å². The van der Waals surface area contributed by atoms with Gasteiger partial charge in [0.2, 0.25) is 10.0 Å². The zero-order valence-corrected chi connectivity index (χ0v) is 14.8. The molecule has 0 atom stereocenters. The normalized spacial score (nSPS) is 11.2. The molecule has 0 radical (unpaired) electrons. The van der Waals surface area contributed by atoms with Gasteiger partial charge in [-0.05, 0) is 37.3 Å². The Bertz CT molecular complexity index is 828. The summed E-state index contributed by atoms with van der Waals surface area (Å²) < 4.78 is 26.9. The van der Waals surface area contributed by atoms with Crippen LogP contribution in [0.4, 0.5) is 0 Å². The van der Waals surface area contributed by atoms with E-state index in [4.69, 9.17) is 16.9 Å². The molecule has 120 valence electrons. The first kappa shape index (κ1) is 17.8. The largest absolute Gasteiger partial charge is 0.240 e. The van der Waals surface area contributed by atoms with Crippen LogP contribution in [0.3, 0.4) is 0 Å². The molecule has 0 unspecified atom stereocenters. The van der Waals surface area contributed by atoms with Crippen LogP contribution in [0.25, 0.3) is 0 Å². The van der Waals surface area contributed by atoms with Gasteiger partial charge in [0.25, 0.3) is 0 Å². The topological polar surface area (TPSA) is 70.0 Å². The van der Waals surface area contributed by atoms with E-state index < -0.39 is 10.0 Å². The molecule has 0 spiro atoms. The fourth-order valence-corrected chi connectivity index (χ4v) is 3.93. The second-order valence-corrected chi connectivity index (χ2v) is 8.16. The SMILES string of the molecule is Cc1ccc(SCCNS(=O)(=O)c2ccc(Cl)c(C#N)c2)cc1. The highest BCUT2D eigenvalue weighted by Gasteiger charge is 2.15. The molecule has 2 rings (SSSR count). The number of halogens is 1. The average Bonchev–Trinajstić information content (AvgIpc) is 2.53. The molecule has 0 saturated heterocycles. The van der Waals surface area contributed by atoms with Gasteiger partial charge in [0, 0.05) is 17.2 Å². The third kappa shape index (κ3) is 4.98. The molecule has 0 saturated carbocycles. The molecular formula is C16H15ClN2O2S2. The molecule has 0 aliphatic rings. The van der Waals surface area contributed by atoms with Crippen LogP contribution in [0.2, 0.25) is 5.02 Å². The molecule has 0 amide bonds. The maximum Gasteiger partial charge on any atom is 0.240 e. The first-order valence-corrected chi connectivity index (χ1v) is 9.66. The summed E-state index contributed by atoms with van der Waals surface area (Å²) in [7, 11) is -3.64. The Hall–Kier alpha value is -1.52. The molecule has 0 bridgehead atoms. The number of rotatable bonds is 6. The van der Waals surface area contributed by atoms with Crippen LogP contribution >= 0.6 is 23.4 Å². The van der Waals surface area contributed by atoms with E-state index in [9.17, 15) is 8.42 Å². The number of nitrogens with zero attached hydrogens (tertiary/aromatic N) is 1. The lowest BCUT2D eigenvalue weighted by Gasteiger charge is -2.07. The first-order valence-electron chi connectivity index (χ1n) is 6.81. The van der Waals surface area contributed by atoms with Gasteiger partial charge < -0.3 is 0 Å². The van der Waals surface area contributed by atoms with Crippen LogP contribution in [-0.4, -0.2) is 20.7 Å². The zero-order valence-electron chi connectivity index (χ0n) is 12.4. The Morgan fingerprint density at radius 2 is 1.91 bits per heavy atom. The van der Waals surface area contributed by atoms with Crippen molar-refractivity contribution in [3.8, 4) is 6.07 Å². The van der Waals surface area contributed by atoms with E-state index in [0.29, 0.717) is 12.3 Å². The van der Waals surface area contributed by atoms with E-state index in [1.807, 2.05) is 37.3 Å². The number of hydrogen-bond acceptors (Lipinski definition) is 4. The molecule has 23 heavy (non-hydrogen) atoms. The van der Waals surface area contributed by atoms with Crippen LogP contribution < -0.4 is 4.72 Å². The van der Waals surface area contributed by atoms with E-state index in [1.54, 1.807) is 11.8 Å². The van der Waals surface area contributed by atoms with Gasteiger partial charge in [-0.15, -0.1) is 11.8 Å². The van der Waals surface area contributed by atoms with E-state index >= 15 is 0 Å². The van der Waals surface area contributed by atoms with Gasteiger partial charge in [-0.25, -0.2) is 13.1 Å². The fraction of sp³-hybridized carbons (Fsp3) is 0.188. The molecule has 4 nitrogen and oxygen atoms in total. The van der Waals surface area contributed by atoms with Crippen LogP contribution in [-0.2, 0) is 10.0 Å². The minimum absolute atomic E-state index is 0.0405. The van der Waals surface area contributed by atoms with Gasteiger partial charge in [-0.1, -0.05) is 29.3 Å². The number of sulfonamides is 1. The predicted molar refractivity (Wildman–Crippen MR) is 93.3 cm³/mol. The van der Waals surface area contributed by atoms with Crippen LogP contribution in [0, 0.1) is 18.3 Å². The lowest BCUT2D eigenvalue weighted by Crippen LogP contribution is -2.26.